The lowest BCUT2D eigenvalue weighted by molar-refractivity contribution is -0.126. The molecule has 2 aromatic carbocycles. The Hall–Kier alpha value is -3.35. The highest BCUT2D eigenvalue weighted by Crippen LogP contribution is 2.29. The monoisotopic (exact) mass is 421 g/mol. The second kappa shape index (κ2) is 9.20. The molecule has 4 rings (SSSR count). The van der Waals surface area contributed by atoms with Crippen LogP contribution in [0.25, 0.3) is 10.9 Å². The smallest absolute Gasteiger partial charge is 0.328 e. The molecule has 1 amide bonds. The van der Waals surface area contributed by atoms with Crippen LogP contribution >= 0.6 is 0 Å². The van der Waals surface area contributed by atoms with Gasteiger partial charge in [-0.2, -0.15) is 0 Å². The minimum absolute atomic E-state index is 0.0268. The molecule has 0 unspecified atom stereocenters. The van der Waals surface area contributed by atoms with Crippen molar-refractivity contribution in [3.05, 3.63) is 74.9 Å². The van der Waals surface area contributed by atoms with Crippen molar-refractivity contribution >= 4 is 16.8 Å². The summed E-state index contributed by atoms with van der Waals surface area (Å²) in [5.41, 5.74) is 0.963. The summed E-state index contributed by atoms with van der Waals surface area (Å²) in [4.78, 5) is 40.5. The number of benzene rings is 2. The molecular weight excluding hydrogens is 394 g/mol. The number of fused-ring (bicyclic) bond motifs is 1. The number of hydrogen-bond donors (Lipinski definition) is 2. The molecule has 0 saturated heterocycles. The third-order valence-corrected chi connectivity index (χ3v) is 6.17. The van der Waals surface area contributed by atoms with Gasteiger partial charge in [-0.05, 0) is 61.4 Å². The van der Waals surface area contributed by atoms with E-state index < -0.39 is 0 Å². The molecule has 1 aromatic heterocycles. The zero-order valence-corrected chi connectivity index (χ0v) is 17.6. The molecule has 1 aliphatic rings. The lowest BCUT2D eigenvalue weighted by Gasteiger charge is -2.28. The van der Waals surface area contributed by atoms with Crippen molar-refractivity contribution in [3.8, 4) is 5.75 Å². The fraction of sp³-hybridized carbons (Fsp3) is 0.375. The van der Waals surface area contributed by atoms with Crippen LogP contribution in [-0.2, 0) is 17.9 Å². The van der Waals surface area contributed by atoms with Gasteiger partial charge < -0.3 is 15.0 Å². The third kappa shape index (κ3) is 4.71. The van der Waals surface area contributed by atoms with Crippen LogP contribution in [0.4, 0.5) is 0 Å². The zero-order valence-electron chi connectivity index (χ0n) is 17.6. The Balaban J connectivity index is 1.32. The molecule has 0 atom stereocenters. The summed E-state index contributed by atoms with van der Waals surface area (Å²) < 4.78 is 6.45. The van der Waals surface area contributed by atoms with Crippen LogP contribution in [0.2, 0.25) is 0 Å². The van der Waals surface area contributed by atoms with E-state index >= 15 is 0 Å². The van der Waals surface area contributed by atoms with Crippen LogP contribution < -0.4 is 21.3 Å². The number of carbonyl (C=O) groups excluding carboxylic acids is 1. The van der Waals surface area contributed by atoms with Gasteiger partial charge in [-0.15, -0.1) is 0 Å². The molecular formula is C24H27N3O4. The molecule has 0 radical (unpaired) electrons. The first-order valence-electron chi connectivity index (χ1n) is 10.7. The molecule has 7 nitrogen and oxygen atoms in total. The Morgan fingerprint density at radius 2 is 1.77 bits per heavy atom. The standard InChI is InChI=1S/C24H27N3O4/c1-31-19-12-8-16(9-13-19)14-25-22(28)18-10-6-17(7-11-18)15-27-23(29)20-4-2-3-5-21(20)26-24(27)30/h2-5,8-9,12-13,17-18H,6-7,10-11,14-15H2,1H3,(H,25,28)(H,26,30). The van der Waals surface area contributed by atoms with Crippen molar-refractivity contribution in [2.24, 2.45) is 11.8 Å². The van der Waals surface area contributed by atoms with Gasteiger partial charge in [0, 0.05) is 19.0 Å². The maximum Gasteiger partial charge on any atom is 0.328 e. The van der Waals surface area contributed by atoms with E-state index in [2.05, 4.69) is 10.3 Å². The van der Waals surface area contributed by atoms with Gasteiger partial charge in [-0.25, -0.2) is 4.79 Å². The van der Waals surface area contributed by atoms with E-state index in [1.54, 1.807) is 31.4 Å². The normalized spacial score (nSPS) is 18.6. The maximum atomic E-state index is 12.7. The molecule has 3 aromatic rings. The molecule has 1 aliphatic carbocycles. The predicted octanol–water partition coefficient (Wildman–Crippen LogP) is 2.82. The average Bonchev–Trinajstić information content (AvgIpc) is 2.81. The van der Waals surface area contributed by atoms with Crippen molar-refractivity contribution in [2.75, 3.05) is 7.11 Å². The Kier molecular flexibility index (Phi) is 6.21. The van der Waals surface area contributed by atoms with Gasteiger partial charge in [-0.3, -0.25) is 14.2 Å². The van der Waals surface area contributed by atoms with Crippen LogP contribution in [0.5, 0.6) is 5.75 Å². The van der Waals surface area contributed by atoms with E-state index in [1.807, 2.05) is 24.3 Å². The van der Waals surface area contributed by atoms with Crippen LogP contribution in [0, 0.1) is 11.8 Å². The summed E-state index contributed by atoms with van der Waals surface area (Å²) in [7, 11) is 1.62. The topological polar surface area (TPSA) is 93.2 Å². The van der Waals surface area contributed by atoms with Crippen molar-refractivity contribution < 1.29 is 9.53 Å². The number of amides is 1. The fourth-order valence-corrected chi connectivity index (χ4v) is 4.31. The number of rotatable bonds is 6. The van der Waals surface area contributed by atoms with E-state index in [4.69, 9.17) is 4.74 Å². The van der Waals surface area contributed by atoms with Crippen LogP contribution in [-0.4, -0.2) is 22.6 Å². The summed E-state index contributed by atoms with van der Waals surface area (Å²) in [6.45, 7) is 0.879. The molecule has 0 aliphatic heterocycles. The van der Waals surface area contributed by atoms with E-state index in [1.165, 1.54) is 4.57 Å². The molecule has 1 fully saturated rings. The number of nitrogens with one attached hydrogen (secondary N) is 2. The number of para-hydroxylation sites is 1. The number of H-pyrrole nitrogens is 1. The van der Waals surface area contributed by atoms with Gasteiger partial charge in [0.25, 0.3) is 5.56 Å². The first-order chi connectivity index (χ1) is 15.0. The number of carbonyl (C=O) groups is 1. The SMILES string of the molecule is COc1ccc(CNC(=O)C2CCC(Cn3c(=O)[nH]c4ccccc4c3=O)CC2)cc1. The Morgan fingerprint density at radius 1 is 1.06 bits per heavy atom. The number of ether oxygens (including phenoxy) is 1. The summed E-state index contributed by atoms with van der Waals surface area (Å²) in [6.07, 6.45) is 3.16. The molecule has 1 saturated carbocycles. The minimum atomic E-state index is -0.372. The highest BCUT2D eigenvalue weighted by atomic mass is 16.5. The molecule has 2 N–H and O–H groups in total. The van der Waals surface area contributed by atoms with E-state index in [-0.39, 0.29) is 29.0 Å². The lowest BCUT2D eigenvalue weighted by atomic mass is 9.81. The van der Waals surface area contributed by atoms with Gasteiger partial charge in [-0.1, -0.05) is 24.3 Å². The first-order valence-corrected chi connectivity index (χ1v) is 10.7. The van der Waals surface area contributed by atoms with Crippen molar-refractivity contribution in [1.82, 2.24) is 14.9 Å². The molecule has 162 valence electrons. The lowest BCUT2D eigenvalue weighted by Crippen LogP contribution is -2.39. The summed E-state index contributed by atoms with van der Waals surface area (Å²) in [5.74, 6) is 1.04. The fourth-order valence-electron chi connectivity index (χ4n) is 4.31. The Bertz CT molecular complexity index is 1170. The predicted molar refractivity (Wildman–Crippen MR) is 119 cm³/mol. The number of nitrogens with zero attached hydrogens (tertiary/aromatic N) is 1. The van der Waals surface area contributed by atoms with E-state index in [0.717, 1.165) is 37.0 Å². The largest absolute Gasteiger partial charge is 0.497 e. The Morgan fingerprint density at radius 3 is 2.48 bits per heavy atom. The first kappa shape index (κ1) is 20.9. The summed E-state index contributed by atoms with van der Waals surface area (Å²) >= 11 is 0. The number of aromatic nitrogens is 2. The molecule has 1 heterocycles. The third-order valence-electron chi connectivity index (χ3n) is 6.17. The van der Waals surface area contributed by atoms with Crippen LogP contribution in [0.1, 0.15) is 31.2 Å². The van der Waals surface area contributed by atoms with Gasteiger partial charge in [0.1, 0.15) is 5.75 Å². The molecule has 0 bridgehead atoms. The number of methoxy groups -OCH3 is 1. The second-order valence-corrected chi connectivity index (χ2v) is 8.18. The van der Waals surface area contributed by atoms with Crippen molar-refractivity contribution in [2.45, 2.75) is 38.8 Å². The molecule has 31 heavy (non-hydrogen) atoms. The minimum Gasteiger partial charge on any atom is -0.497 e. The highest BCUT2D eigenvalue weighted by Gasteiger charge is 2.27. The average molecular weight is 421 g/mol. The summed E-state index contributed by atoms with van der Waals surface area (Å²) in [5, 5.41) is 3.54. The highest BCUT2D eigenvalue weighted by molar-refractivity contribution is 5.78. The van der Waals surface area contributed by atoms with Crippen molar-refractivity contribution in [1.29, 1.82) is 0 Å². The van der Waals surface area contributed by atoms with Crippen LogP contribution in [0.3, 0.4) is 0 Å². The summed E-state index contributed by atoms with van der Waals surface area (Å²) in [6, 6.07) is 14.7. The quantitative estimate of drug-likeness (QED) is 0.640. The van der Waals surface area contributed by atoms with Gasteiger partial charge in [0.05, 0.1) is 18.0 Å². The Labute approximate surface area is 180 Å². The second-order valence-electron chi connectivity index (χ2n) is 8.18. The number of hydrogen-bond acceptors (Lipinski definition) is 4. The van der Waals surface area contributed by atoms with Gasteiger partial charge in [0.2, 0.25) is 5.91 Å². The molecule has 7 heteroatoms. The van der Waals surface area contributed by atoms with E-state index in [0.29, 0.717) is 24.0 Å². The maximum absolute atomic E-state index is 12.7. The van der Waals surface area contributed by atoms with Gasteiger partial charge in [0.15, 0.2) is 0 Å². The van der Waals surface area contributed by atoms with Crippen LogP contribution in [0.15, 0.2) is 58.1 Å². The zero-order chi connectivity index (χ0) is 21.8. The van der Waals surface area contributed by atoms with Crippen molar-refractivity contribution in [3.63, 3.8) is 0 Å². The van der Waals surface area contributed by atoms with Gasteiger partial charge >= 0.3 is 5.69 Å². The number of aromatic amines is 1. The molecule has 0 spiro atoms. The van der Waals surface area contributed by atoms with E-state index in [9.17, 15) is 14.4 Å².